The van der Waals surface area contributed by atoms with Crippen LogP contribution in [0, 0.1) is 12.7 Å². The molecule has 0 saturated heterocycles. The molecule has 0 heterocycles. The Morgan fingerprint density at radius 2 is 1.67 bits per heavy atom. The summed E-state index contributed by atoms with van der Waals surface area (Å²) in [6.07, 6.45) is 0. The van der Waals surface area contributed by atoms with Gasteiger partial charge in [0.05, 0.1) is 19.2 Å². The minimum atomic E-state index is -0.335. The Morgan fingerprint density at radius 3 is 2.24 bits per heavy atom. The van der Waals surface area contributed by atoms with Gasteiger partial charge in [0.25, 0.3) is 0 Å². The van der Waals surface area contributed by atoms with E-state index in [1.807, 2.05) is 6.07 Å². The minimum absolute atomic E-state index is 0.308. The maximum Gasteiger partial charge on any atom is 0.161 e. The van der Waals surface area contributed by atoms with Crippen LogP contribution in [0.3, 0.4) is 0 Å². The number of methoxy groups -OCH3 is 2. The lowest BCUT2D eigenvalue weighted by Gasteiger charge is -2.16. The molecule has 0 unspecified atom stereocenters. The maximum atomic E-state index is 13.6. The van der Waals surface area contributed by atoms with E-state index in [9.17, 15) is 4.39 Å². The van der Waals surface area contributed by atoms with Crippen LogP contribution in [-0.4, -0.2) is 14.2 Å². The molecule has 21 heavy (non-hydrogen) atoms. The molecule has 0 aliphatic rings. The van der Waals surface area contributed by atoms with Gasteiger partial charge in [-0.05, 0) is 47.9 Å². The number of benzene rings is 2. The van der Waals surface area contributed by atoms with Gasteiger partial charge in [-0.3, -0.25) is 0 Å². The number of hydrogen-bond acceptors (Lipinski definition) is 3. The molecular weight excluding hydrogens is 293 g/mol. The Hall–Kier alpha value is -1.78. The van der Waals surface area contributed by atoms with Gasteiger partial charge in [-0.25, -0.2) is 4.39 Å². The predicted octanol–water partition coefficient (Wildman–Crippen LogP) is 3.93. The van der Waals surface area contributed by atoms with Gasteiger partial charge in [0.2, 0.25) is 0 Å². The Balaban J connectivity index is 2.70. The van der Waals surface area contributed by atoms with Crippen molar-refractivity contribution >= 4 is 11.6 Å². The highest BCUT2D eigenvalue weighted by Gasteiger charge is 2.15. The van der Waals surface area contributed by atoms with Gasteiger partial charge in [-0.2, -0.15) is 0 Å². The van der Waals surface area contributed by atoms with Crippen molar-refractivity contribution in [2.45, 2.75) is 13.5 Å². The molecule has 3 nitrogen and oxygen atoms in total. The smallest absolute Gasteiger partial charge is 0.161 e. The summed E-state index contributed by atoms with van der Waals surface area (Å²) in [6.45, 7) is 2.00. The van der Waals surface area contributed by atoms with Crippen molar-refractivity contribution in [3.8, 4) is 22.6 Å². The molecule has 0 radical (unpaired) electrons. The molecule has 0 aliphatic heterocycles. The molecule has 2 rings (SSSR count). The monoisotopic (exact) mass is 309 g/mol. The molecule has 0 aliphatic carbocycles. The summed E-state index contributed by atoms with van der Waals surface area (Å²) in [5.41, 5.74) is 8.70. The quantitative estimate of drug-likeness (QED) is 0.930. The van der Waals surface area contributed by atoms with E-state index in [2.05, 4.69) is 0 Å². The van der Waals surface area contributed by atoms with Gasteiger partial charge in [-0.15, -0.1) is 0 Å². The van der Waals surface area contributed by atoms with Crippen molar-refractivity contribution in [2.24, 2.45) is 5.73 Å². The van der Waals surface area contributed by atoms with Crippen molar-refractivity contribution < 1.29 is 13.9 Å². The van der Waals surface area contributed by atoms with Crippen molar-refractivity contribution in [1.29, 1.82) is 0 Å². The lowest BCUT2D eigenvalue weighted by molar-refractivity contribution is 0.354. The first kappa shape index (κ1) is 15.6. The summed E-state index contributed by atoms with van der Waals surface area (Å²) < 4.78 is 24.1. The second-order valence-corrected chi connectivity index (χ2v) is 5.06. The molecule has 2 N–H and O–H groups in total. The average Bonchev–Trinajstić information content (AvgIpc) is 2.49. The first-order valence-corrected chi connectivity index (χ1v) is 6.80. The van der Waals surface area contributed by atoms with Crippen molar-refractivity contribution in [3.63, 3.8) is 0 Å². The zero-order valence-corrected chi connectivity index (χ0v) is 12.9. The van der Waals surface area contributed by atoms with Crippen LogP contribution < -0.4 is 15.2 Å². The minimum Gasteiger partial charge on any atom is -0.493 e. The van der Waals surface area contributed by atoms with Crippen LogP contribution in [0.15, 0.2) is 24.3 Å². The molecule has 0 aromatic heterocycles. The Bertz CT molecular complexity index is 674. The standard InChI is InChI=1S/C16H17ClFNO2/c1-9-4-12(13(17)7-14(9)18)11-6-16(21-3)15(20-2)5-10(11)8-19/h4-7H,8,19H2,1-3H3. The van der Waals surface area contributed by atoms with E-state index in [4.69, 9.17) is 26.8 Å². The second kappa shape index (κ2) is 6.33. The van der Waals surface area contributed by atoms with E-state index in [-0.39, 0.29) is 5.82 Å². The molecule has 2 aromatic carbocycles. The number of halogens is 2. The summed E-state index contributed by atoms with van der Waals surface area (Å²) in [7, 11) is 3.12. The lowest BCUT2D eigenvalue weighted by atomic mass is 9.97. The normalized spacial score (nSPS) is 10.6. The van der Waals surface area contributed by atoms with E-state index in [1.54, 1.807) is 33.3 Å². The van der Waals surface area contributed by atoms with E-state index < -0.39 is 0 Å². The topological polar surface area (TPSA) is 44.5 Å². The third kappa shape index (κ3) is 2.96. The molecule has 0 amide bonds. The van der Waals surface area contributed by atoms with Crippen LogP contribution in [0.25, 0.3) is 11.1 Å². The van der Waals surface area contributed by atoms with E-state index >= 15 is 0 Å². The molecule has 0 atom stereocenters. The van der Waals surface area contributed by atoms with Crippen LogP contribution >= 0.6 is 11.6 Å². The number of rotatable bonds is 4. The SMILES string of the molecule is COc1cc(CN)c(-c2cc(C)c(F)cc2Cl)cc1OC. The summed E-state index contributed by atoms with van der Waals surface area (Å²) >= 11 is 6.18. The molecular formula is C16H17ClFNO2. The molecule has 5 heteroatoms. The summed E-state index contributed by atoms with van der Waals surface area (Å²) in [6, 6.07) is 6.63. The molecule has 2 aromatic rings. The number of hydrogen-bond donors (Lipinski definition) is 1. The second-order valence-electron chi connectivity index (χ2n) is 4.65. The van der Waals surface area contributed by atoms with Crippen LogP contribution in [-0.2, 0) is 6.54 Å². The largest absolute Gasteiger partial charge is 0.493 e. The fourth-order valence-electron chi connectivity index (χ4n) is 2.20. The molecule has 0 spiro atoms. The van der Waals surface area contributed by atoms with Crippen LogP contribution in [0.2, 0.25) is 5.02 Å². The van der Waals surface area contributed by atoms with Gasteiger partial charge in [0.15, 0.2) is 11.5 Å². The highest BCUT2D eigenvalue weighted by Crippen LogP contribution is 2.39. The number of aryl methyl sites for hydroxylation is 1. The van der Waals surface area contributed by atoms with Crippen LogP contribution in [0.4, 0.5) is 4.39 Å². The van der Waals surface area contributed by atoms with Gasteiger partial charge < -0.3 is 15.2 Å². The first-order chi connectivity index (χ1) is 10.0. The third-order valence-corrected chi connectivity index (χ3v) is 3.68. The van der Waals surface area contributed by atoms with E-state index in [1.165, 1.54) is 6.07 Å². The average molecular weight is 310 g/mol. The zero-order valence-electron chi connectivity index (χ0n) is 12.2. The summed E-state index contributed by atoms with van der Waals surface area (Å²) in [4.78, 5) is 0. The maximum absolute atomic E-state index is 13.6. The third-order valence-electron chi connectivity index (χ3n) is 3.37. The fourth-order valence-corrected chi connectivity index (χ4v) is 2.46. The van der Waals surface area contributed by atoms with Crippen LogP contribution in [0.1, 0.15) is 11.1 Å². The summed E-state index contributed by atoms with van der Waals surface area (Å²) in [5, 5.41) is 0.333. The van der Waals surface area contributed by atoms with E-state index in [0.29, 0.717) is 28.6 Å². The fraction of sp³-hybridized carbons (Fsp3) is 0.250. The molecule has 0 saturated carbocycles. The molecule has 0 fully saturated rings. The van der Waals surface area contributed by atoms with Crippen LogP contribution in [0.5, 0.6) is 11.5 Å². The van der Waals surface area contributed by atoms with Crippen molar-refractivity contribution in [1.82, 2.24) is 0 Å². The zero-order chi connectivity index (χ0) is 15.6. The van der Waals surface area contributed by atoms with Gasteiger partial charge in [-0.1, -0.05) is 11.6 Å². The molecule has 112 valence electrons. The first-order valence-electron chi connectivity index (χ1n) is 6.42. The lowest BCUT2D eigenvalue weighted by Crippen LogP contribution is -2.02. The van der Waals surface area contributed by atoms with Gasteiger partial charge >= 0.3 is 0 Å². The number of ether oxygens (including phenoxy) is 2. The van der Waals surface area contributed by atoms with Crippen molar-refractivity contribution in [3.05, 3.63) is 46.2 Å². The van der Waals surface area contributed by atoms with Gasteiger partial charge in [0.1, 0.15) is 5.82 Å². The Kier molecular flexibility index (Phi) is 4.70. The van der Waals surface area contributed by atoms with Gasteiger partial charge in [0, 0.05) is 12.1 Å². The predicted molar refractivity (Wildman–Crippen MR) is 82.6 cm³/mol. The molecule has 0 bridgehead atoms. The van der Waals surface area contributed by atoms with E-state index in [0.717, 1.165) is 16.7 Å². The Morgan fingerprint density at radius 1 is 1.05 bits per heavy atom. The van der Waals surface area contributed by atoms with Crippen molar-refractivity contribution in [2.75, 3.05) is 14.2 Å². The highest BCUT2D eigenvalue weighted by atomic mass is 35.5. The highest BCUT2D eigenvalue weighted by molar-refractivity contribution is 6.33. The summed E-state index contributed by atoms with van der Waals surface area (Å²) in [5.74, 6) is 0.831. The number of nitrogens with two attached hydrogens (primary N) is 1. The Labute approximate surface area is 128 Å².